The maximum absolute atomic E-state index is 12.5. The van der Waals surface area contributed by atoms with E-state index in [0.29, 0.717) is 12.2 Å². The average molecular weight is 397 g/mol. The smallest absolute Gasteiger partial charge is 0.306 e. The molecule has 0 bridgehead atoms. The van der Waals surface area contributed by atoms with E-state index in [-0.39, 0.29) is 30.7 Å². The number of phenolic OH excluding ortho intramolecular Hbond substituents is 1. The van der Waals surface area contributed by atoms with Gasteiger partial charge in [-0.05, 0) is 54.5 Å². The van der Waals surface area contributed by atoms with Crippen molar-refractivity contribution >= 4 is 11.9 Å². The van der Waals surface area contributed by atoms with E-state index in [4.69, 9.17) is 9.47 Å². The number of likely N-dealkylation sites (N-methyl/N-ethyl adjacent to an activating group) is 1. The normalized spacial score (nSPS) is 15.3. The quantitative estimate of drug-likeness (QED) is 0.725. The fourth-order valence-electron chi connectivity index (χ4n) is 3.76. The number of carbonyl (C=O) groups excluding carboxylic acids is 2. The number of esters is 1. The molecule has 1 amide bonds. The highest BCUT2D eigenvalue weighted by molar-refractivity contribution is 5.81. The van der Waals surface area contributed by atoms with Gasteiger partial charge in [-0.3, -0.25) is 9.59 Å². The number of hydrogen-bond donors (Lipinski definition) is 1. The van der Waals surface area contributed by atoms with Crippen LogP contribution in [0, 0.1) is 0 Å². The van der Waals surface area contributed by atoms with E-state index in [1.54, 1.807) is 30.1 Å². The van der Waals surface area contributed by atoms with E-state index in [1.165, 1.54) is 18.2 Å². The van der Waals surface area contributed by atoms with Gasteiger partial charge >= 0.3 is 5.97 Å². The molecule has 1 aliphatic rings. The highest BCUT2D eigenvalue weighted by Gasteiger charge is 2.26. The largest absolute Gasteiger partial charge is 0.504 e. The molecule has 0 saturated carbocycles. The Hall–Kier alpha value is -3.02. The molecule has 1 atom stereocenters. The molecular weight excluding hydrogens is 370 g/mol. The van der Waals surface area contributed by atoms with Crippen molar-refractivity contribution in [2.45, 2.75) is 38.1 Å². The number of nitrogens with zero attached hydrogens (tertiary/aromatic N) is 1. The van der Waals surface area contributed by atoms with Crippen molar-refractivity contribution < 1.29 is 24.2 Å². The Bertz CT molecular complexity index is 879. The van der Waals surface area contributed by atoms with Crippen LogP contribution in [0.3, 0.4) is 0 Å². The highest BCUT2D eigenvalue weighted by Crippen LogP contribution is 2.33. The van der Waals surface area contributed by atoms with Crippen LogP contribution in [-0.4, -0.2) is 42.6 Å². The van der Waals surface area contributed by atoms with E-state index in [2.05, 4.69) is 12.1 Å². The van der Waals surface area contributed by atoms with Crippen molar-refractivity contribution in [3.8, 4) is 11.5 Å². The minimum Gasteiger partial charge on any atom is -0.504 e. The molecule has 3 rings (SSSR count). The van der Waals surface area contributed by atoms with E-state index in [0.717, 1.165) is 24.8 Å². The first-order valence-corrected chi connectivity index (χ1v) is 9.84. The van der Waals surface area contributed by atoms with E-state index in [1.807, 2.05) is 12.1 Å². The first-order chi connectivity index (χ1) is 14.0. The molecule has 0 radical (unpaired) electrons. The zero-order valence-corrected chi connectivity index (χ0v) is 16.9. The van der Waals surface area contributed by atoms with Crippen LogP contribution < -0.4 is 4.74 Å². The van der Waals surface area contributed by atoms with Crippen LogP contribution in [0.5, 0.6) is 11.5 Å². The van der Waals surface area contributed by atoms with E-state index < -0.39 is 5.97 Å². The molecule has 2 aromatic carbocycles. The second-order valence-electron chi connectivity index (χ2n) is 7.28. The van der Waals surface area contributed by atoms with Crippen LogP contribution in [-0.2, 0) is 27.2 Å². The topological polar surface area (TPSA) is 76.1 Å². The van der Waals surface area contributed by atoms with Gasteiger partial charge in [-0.1, -0.05) is 30.3 Å². The summed E-state index contributed by atoms with van der Waals surface area (Å²) in [6.07, 6.45) is 3.53. The van der Waals surface area contributed by atoms with Gasteiger partial charge in [0.1, 0.15) is 0 Å². The minimum atomic E-state index is -0.439. The van der Waals surface area contributed by atoms with Gasteiger partial charge in [-0.25, -0.2) is 0 Å². The van der Waals surface area contributed by atoms with E-state index >= 15 is 0 Å². The highest BCUT2D eigenvalue weighted by atomic mass is 16.5. The standard InChI is InChI=1S/C23H27NO5/c1-24(19-9-5-7-17-6-3-4-8-18(17)19)22(26)15-29-23(27)13-11-16-10-12-21(28-2)20(25)14-16/h3-4,6,8,10,12,14,19,25H,5,7,9,11,13,15H2,1-2H3. The van der Waals surface area contributed by atoms with Crippen molar-refractivity contribution in [2.75, 3.05) is 20.8 Å². The predicted octanol–water partition coefficient (Wildman–Crippen LogP) is 3.41. The molecule has 29 heavy (non-hydrogen) atoms. The van der Waals surface area contributed by atoms with Crippen LogP contribution >= 0.6 is 0 Å². The fourth-order valence-corrected chi connectivity index (χ4v) is 3.76. The molecule has 0 aliphatic heterocycles. The second kappa shape index (κ2) is 9.45. The number of aromatic hydroxyl groups is 1. The maximum atomic E-state index is 12.5. The molecule has 6 heteroatoms. The molecule has 154 valence electrons. The van der Waals surface area contributed by atoms with Gasteiger partial charge in [0, 0.05) is 13.5 Å². The number of benzene rings is 2. The van der Waals surface area contributed by atoms with Gasteiger partial charge in [-0.15, -0.1) is 0 Å². The number of ether oxygens (including phenoxy) is 2. The van der Waals surface area contributed by atoms with Crippen LogP contribution in [0.25, 0.3) is 0 Å². The van der Waals surface area contributed by atoms with Gasteiger partial charge in [0.25, 0.3) is 5.91 Å². The summed E-state index contributed by atoms with van der Waals surface area (Å²) in [5, 5.41) is 9.80. The summed E-state index contributed by atoms with van der Waals surface area (Å²) in [6.45, 7) is -0.262. The summed E-state index contributed by atoms with van der Waals surface area (Å²) in [7, 11) is 3.25. The second-order valence-corrected chi connectivity index (χ2v) is 7.28. The number of aryl methyl sites for hydroxylation is 2. The van der Waals surface area contributed by atoms with Crippen molar-refractivity contribution in [1.82, 2.24) is 4.90 Å². The first-order valence-electron chi connectivity index (χ1n) is 9.84. The first kappa shape index (κ1) is 20.7. The molecule has 1 N–H and O–H groups in total. The molecule has 0 aromatic heterocycles. The SMILES string of the molecule is COc1ccc(CCC(=O)OCC(=O)N(C)C2CCCc3ccccc32)cc1O. The minimum absolute atomic E-state index is 0.0217. The third-order valence-corrected chi connectivity index (χ3v) is 5.42. The lowest BCUT2D eigenvalue weighted by Gasteiger charge is -2.33. The lowest BCUT2D eigenvalue weighted by molar-refractivity contribution is -0.152. The van der Waals surface area contributed by atoms with Gasteiger partial charge < -0.3 is 19.5 Å². The van der Waals surface area contributed by atoms with Crippen LogP contribution in [0.4, 0.5) is 0 Å². The summed E-state index contributed by atoms with van der Waals surface area (Å²) in [6, 6.07) is 13.2. The van der Waals surface area contributed by atoms with Crippen molar-refractivity contribution in [2.24, 2.45) is 0 Å². The van der Waals surface area contributed by atoms with Crippen molar-refractivity contribution in [3.63, 3.8) is 0 Å². The van der Waals surface area contributed by atoms with Crippen LogP contribution in [0.2, 0.25) is 0 Å². The molecule has 2 aromatic rings. The summed E-state index contributed by atoms with van der Waals surface area (Å²) >= 11 is 0. The van der Waals surface area contributed by atoms with Gasteiger partial charge in [0.15, 0.2) is 18.1 Å². The summed E-state index contributed by atoms with van der Waals surface area (Å²) in [4.78, 5) is 26.3. The molecule has 6 nitrogen and oxygen atoms in total. The molecular formula is C23H27NO5. The number of amides is 1. The zero-order valence-electron chi connectivity index (χ0n) is 16.9. The third-order valence-electron chi connectivity index (χ3n) is 5.42. The molecule has 1 unspecified atom stereocenters. The number of hydrogen-bond acceptors (Lipinski definition) is 5. The van der Waals surface area contributed by atoms with Gasteiger partial charge in [-0.2, -0.15) is 0 Å². The number of carbonyl (C=O) groups is 2. The lowest BCUT2D eigenvalue weighted by Crippen LogP contribution is -2.36. The number of fused-ring (bicyclic) bond motifs is 1. The van der Waals surface area contributed by atoms with Gasteiger partial charge in [0.05, 0.1) is 13.2 Å². The molecule has 0 fully saturated rings. The van der Waals surface area contributed by atoms with E-state index in [9.17, 15) is 14.7 Å². The third kappa shape index (κ3) is 5.08. The maximum Gasteiger partial charge on any atom is 0.306 e. The number of rotatable bonds is 7. The Morgan fingerprint density at radius 3 is 2.76 bits per heavy atom. The molecule has 0 spiro atoms. The number of methoxy groups -OCH3 is 1. The molecule has 0 heterocycles. The Balaban J connectivity index is 1.49. The summed E-state index contributed by atoms with van der Waals surface area (Å²) in [5.41, 5.74) is 3.26. The lowest BCUT2D eigenvalue weighted by atomic mass is 9.87. The van der Waals surface area contributed by atoms with Crippen molar-refractivity contribution in [1.29, 1.82) is 0 Å². The predicted molar refractivity (Wildman–Crippen MR) is 109 cm³/mol. The van der Waals surface area contributed by atoms with Crippen LogP contribution in [0.1, 0.15) is 42.0 Å². The Morgan fingerprint density at radius 1 is 1.21 bits per heavy atom. The Morgan fingerprint density at radius 2 is 2.00 bits per heavy atom. The average Bonchev–Trinajstić information content (AvgIpc) is 2.75. The van der Waals surface area contributed by atoms with Crippen LogP contribution in [0.15, 0.2) is 42.5 Å². The monoisotopic (exact) mass is 397 g/mol. The van der Waals surface area contributed by atoms with Gasteiger partial charge in [0.2, 0.25) is 0 Å². The Kier molecular flexibility index (Phi) is 6.75. The summed E-state index contributed by atoms with van der Waals surface area (Å²) in [5.74, 6) is -0.231. The fraction of sp³-hybridized carbons (Fsp3) is 0.391. The Labute approximate surface area is 171 Å². The summed E-state index contributed by atoms with van der Waals surface area (Å²) < 4.78 is 10.2. The van der Waals surface area contributed by atoms with Crippen molar-refractivity contribution in [3.05, 3.63) is 59.2 Å². The number of phenols is 1. The molecule has 0 saturated heterocycles. The zero-order chi connectivity index (χ0) is 20.8. The molecule has 1 aliphatic carbocycles.